The van der Waals surface area contributed by atoms with Crippen LogP contribution in [0.5, 0.6) is 0 Å². The smallest absolute Gasteiger partial charge is 0.416 e. The van der Waals surface area contributed by atoms with Crippen LogP contribution in [0.2, 0.25) is 0 Å². The molecule has 0 aliphatic carbocycles. The third-order valence-electron chi connectivity index (χ3n) is 3.17. The quantitative estimate of drug-likeness (QED) is 0.392. The van der Waals surface area contributed by atoms with Crippen LogP contribution in [-0.4, -0.2) is 16.0 Å². The second kappa shape index (κ2) is 6.53. The summed E-state index contributed by atoms with van der Waals surface area (Å²) in [6, 6.07) is 9.06. The van der Waals surface area contributed by atoms with Crippen molar-refractivity contribution in [2.24, 2.45) is 0 Å². The maximum atomic E-state index is 12.5. The van der Waals surface area contributed by atoms with Crippen molar-refractivity contribution >= 4 is 23.3 Å². The number of nitro groups is 1. The summed E-state index contributed by atoms with van der Waals surface area (Å²) in [5.41, 5.74) is -1.62. The molecule has 0 saturated heterocycles. The first-order chi connectivity index (χ1) is 11.2. The van der Waals surface area contributed by atoms with Crippen LogP contribution >= 0.6 is 0 Å². The van der Waals surface area contributed by atoms with Crippen LogP contribution in [0.4, 0.5) is 18.9 Å². The molecule has 0 unspecified atom stereocenters. The highest BCUT2D eigenvalue weighted by atomic mass is 19.4. The molecule has 1 N–H and O–H groups in total. The Kier molecular flexibility index (Phi) is 4.68. The molecular formula is C16H10F3NO4. The number of alkyl halides is 3. The van der Waals surface area contributed by atoms with Gasteiger partial charge >= 0.3 is 12.1 Å². The maximum absolute atomic E-state index is 12.5. The van der Waals surface area contributed by atoms with E-state index in [0.29, 0.717) is 0 Å². The van der Waals surface area contributed by atoms with Crippen LogP contribution in [0.15, 0.2) is 48.5 Å². The van der Waals surface area contributed by atoms with Gasteiger partial charge in [0.1, 0.15) is 0 Å². The Morgan fingerprint density at radius 1 is 1.08 bits per heavy atom. The number of hydrogen-bond donors (Lipinski definition) is 1. The number of nitro benzene ring substituents is 1. The number of halogens is 3. The molecule has 2 aromatic carbocycles. The first-order valence-corrected chi connectivity index (χ1v) is 6.56. The van der Waals surface area contributed by atoms with Gasteiger partial charge in [0.2, 0.25) is 0 Å². The van der Waals surface area contributed by atoms with Crippen molar-refractivity contribution in [1.29, 1.82) is 0 Å². The van der Waals surface area contributed by atoms with Gasteiger partial charge in [-0.15, -0.1) is 0 Å². The summed E-state index contributed by atoms with van der Waals surface area (Å²) in [4.78, 5) is 21.7. The van der Waals surface area contributed by atoms with E-state index in [4.69, 9.17) is 0 Å². The van der Waals surface area contributed by atoms with Crippen LogP contribution in [0.3, 0.4) is 0 Å². The van der Waals surface area contributed by atoms with Gasteiger partial charge in [-0.1, -0.05) is 24.3 Å². The fraction of sp³-hybridized carbons (Fsp3) is 0.0625. The minimum atomic E-state index is -4.50. The van der Waals surface area contributed by atoms with E-state index in [1.165, 1.54) is 18.2 Å². The standard InChI is InChI=1S/C16H10F3NO4/c17-16(18,19)11-7-5-10(6-8-11)9-13(15(21)22)12-3-1-2-4-14(12)20(23)24/h1-9H,(H,21,22)/b13-9-. The molecule has 2 aromatic rings. The molecule has 0 amide bonds. The van der Waals surface area contributed by atoms with Gasteiger partial charge in [0.05, 0.1) is 21.6 Å². The SMILES string of the molecule is O=C(O)/C(=C\c1ccc(C(F)(F)F)cc1)c1ccccc1[N+](=O)[O-]. The fourth-order valence-electron chi connectivity index (χ4n) is 2.05. The van der Waals surface area contributed by atoms with Gasteiger partial charge in [-0.2, -0.15) is 13.2 Å². The van der Waals surface area contributed by atoms with Gasteiger partial charge in [-0.25, -0.2) is 4.79 Å². The third-order valence-corrected chi connectivity index (χ3v) is 3.17. The van der Waals surface area contributed by atoms with E-state index in [-0.39, 0.29) is 16.7 Å². The van der Waals surface area contributed by atoms with Crippen LogP contribution in [-0.2, 0) is 11.0 Å². The van der Waals surface area contributed by atoms with E-state index in [9.17, 15) is 33.2 Å². The maximum Gasteiger partial charge on any atom is 0.416 e. The molecule has 0 aliphatic rings. The Morgan fingerprint density at radius 3 is 2.17 bits per heavy atom. The molecule has 0 bridgehead atoms. The molecule has 0 spiro atoms. The van der Waals surface area contributed by atoms with Crippen LogP contribution in [0, 0.1) is 10.1 Å². The topological polar surface area (TPSA) is 80.4 Å². The van der Waals surface area contributed by atoms with Crippen LogP contribution in [0.25, 0.3) is 11.6 Å². The number of carbonyl (C=O) groups is 1. The molecule has 0 aliphatic heterocycles. The molecule has 0 radical (unpaired) electrons. The minimum Gasteiger partial charge on any atom is -0.478 e. The van der Waals surface area contributed by atoms with Crippen molar-refractivity contribution in [3.05, 3.63) is 75.3 Å². The van der Waals surface area contributed by atoms with E-state index in [2.05, 4.69) is 0 Å². The summed E-state index contributed by atoms with van der Waals surface area (Å²) in [6.45, 7) is 0. The van der Waals surface area contributed by atoms with E-state index >= 15 is 0 Å². The highest BCUT2D eigenvalue weighted by molar-refractivity contribution is 6.21. The number of benzene rings is 2. The van der Waals surface area contributed by atoms with Crippen molar-refractivity contribution in [3.63, 3.8) is 0 Å². The van der Waals surface area contributed by atoms with Gasteiger partial charge < -0.3 is 5.11 Å². The highest BCUT2D eigenvalue weighted by Gasteiger charge is 2.30. The van der Waals surface area contributed by atoms with E-state index in [1.54, 1.807) is 0 Å². The lowest BCUT2D eigenvalue weighted by Crippen LogP contribution is -2.05. The van der Waals surface area contributed by atoms with Gasteiger partial charge in [0.25, 0.3) is 5.69 Å². The van der Waals surface area contributed by atoms with Crippen LogP contribution < -0.4 is 0 Å². The van der Waals surface area contributed by atoms with Crippen LogP contribution in [0.1, 0.15) is 16.7 Å². The Hall–Kier alpha value is -3.16. The Labute approximate surface area is 133 Å². The zero-order valence-corrected chi connectivity index (χ0v) is 11.9. The second-order valence-corrected chi connectivity index (χ2v) is 4.76. The molecule has 2 rings (SSSR count). The molecule has 0 atom stereocenters. The summed E-state index contributed by atoms with van der Waals surface area (Å²) in [6.07, 6.45) is -3.42. The zero-order chi connectivity index (χ0) is 17.9. The first kappa shape index (κ1) is 17.2. The second-order valence-electron chi connectivity index (χ2n) is 4.76. The summed E-state index contributed by atoms with van der Waals surface area (Å²) in [5, 5.41) is 20.3. The largest absolute Gasteiger partial charge is 0.478 e. The van der Waals surface area contributed by atoms with E-state index in [0.717, 1.165) is 36.4 Å². The molecule has 0 heterocycles. The number of rotatable bonds is 4. The minimum absolute atomic E-state index is 0.130. The van der Waals surface area contributed by atoms with Gasteiger partial charge in [-0.3, -0.25) is 10.1 Å². The number of para-hydroxylation sites is 1. The summed E-state index contributed by atoms with van der Waals surface area (Å²) < 4.78 is 37.6. The Bertz CT molecular complexity index is 811. The average molecular weight is 337 g/mol. The number of hydrogen-bond acceptors (Lipinski definition) is 3. The van der Waals surface area contributed by atoms with Crippen molar-refractivity contribution in [2.45, 2.75) is 6.18 Å². The van der Waals surface area contributed by atoms with Crippen molar-refractivity contribution in [1.82, 2.24) is 0 Å². The summed E-state index contributed by atoms with van der Waals surface area (Å²) >= 11 is 0. The first-order valence-electron chi connectivity index (χ1n) is 6.56. The fourth-order valence-corrected chi connectivity index (χ4v) is 2.05. The molecule has 124 valence electrons. The normalized spacial score (nSPS) is 12.0. The molecule has 8 heteroatoms. The number of carboxylic acid groups (broad SMARTS) is 1. The lowest BCUT2D eigenvalue weighted by atomic mass is 10.0. The molecule has 5 nitrogen and oxygen atoms in total. The number of aliphatic carboxylic acids is 1. The van der Waals surface area contributed by atoms with E-state index < -0.39 is 28.3 Å². The highest BCUT2D eigenvalue weighted by Crippen LogP contribution is 2.31. The number of carboxylic acids is 1. The van der Waals surface area contributed by atoms with Crippen molar-refractivity contribution in [2.75, 3.05) is 0 Å². The average Bonchev–Trinajstić information content (AvgIpc) is 2.52. The molecule has 0 saturated carbocycles. The summed E-state index contributed by atoms with van der Waals surface area (Å²) in [7, 11) is 0. The molecular weight excluding hydrogens is 327 g/mol. The predicted molar refractivity (Wildman–Crippen MR) is 80.0 cm³/mol. The van der Waals surface area contributed by atoms with Crippen molar-refractivity contribution < 1.29 is 28.0 Å². The monoisotopic (exact) mass is 337 g/mol. The Morgan fingerprint density at radius 2 is 1.67 bits per heavy atom. The van der Waals surface area contributed by atoms with Gasteiger partial charge in [0.15, 0.2) is 0 Å². The number of nitrogens with zero attached hydrogens (tertiary/aromatic N) is 1. The lowest BCUT2D eigenvalue weighted by Gasteiger charge is -2.07. The van der Waals surface area contributed by atoms with E-state index in [1.807, 2.05) is 0 Å². The van der Waals surface area contributed by atoms with Crippen molar-refractivity contribution in [3.8, 4) is 0 Å². The Balaban J connectivity index is 2.51. The van der Waals surface area contributed by atoms with Gasteiger partial charge in [0, 0.05) is 6.07 Å². The zero-order valence-electron chi connectivity index (χ0n) is 11.9. The van der Waals surface area contributed by atoms with Gasteiger partial charge in [-0.05, 0) is 29.8 Å². The molecule has 0 fully saturated rings. The third kappa shape index (κ3) is 3.78. The molecule has 24 heavy (non-hydrogen) atoms. The summed E-state index contributed by atoms with van der Waals surface area (Å²) in [5.74, 6) is -1.43. The lowest BCUT2D eigenvalue weighted by molar-refractivity contribution is -0.385. The molecule has 0 aromatic heterocycles. The predicted octanol–water partition coefficient (Wildman–Crippen LogP) is 4.24.